The summed E-state index contributed by atoms with van der Waals surface area (Å²) in [4.78, 5) is 9.36. The first-order valence-corrected chi connectivity index (χ1v) is 8.99. The number of anilines is 1. The van der Waals surface area contributed by atoms with Gasteiger partial charge in [0.15, 0.2) is 5.96 Å². The average molecular weight is 362 g/mol. The number of benzene rings is 1. The molecule has 3 rings (SSSR count). The van der Waals surface area contributed by atoms with Gasteiger partial charge in [-0.15, -0.1) is 0 Å². The molecule has 0 unspecified atom stereocenters. The van der Waals surface area contributed by atoms with Crippen LogP contribution in [0.2, 0.25) is 5.02 Å². The van der Waals surface area contributed by atoms with Gasteiger partial charge >= 0.3 is 0 Å². The minimum Gasteiger partial charge on any atom is -0.368 e. The molecule has 0 amide bonds. The molecule has 6 nitrogen and oxygen atoms in total. The van der Waals surface area contributed by atoms with Crippen LogP contribution >= 0.6 is 11.6 Å². The maximum Gasteiger partial charge on any atom is 0.194 e. The van der Waals surface area contributed by atoms with Crippen molar-refractivity contribution in [3.05, 3.63) is 46.8 Å². The molecule has 2 aromatic rings. The van der Waals surface area contributed by atoms with Crippen molar-refractivity contribution < 1.29 is 4.52 Å². The van der Waals surface area contributed by atoms with Gasteiger partial charge in [0.25, 0.3) is 0 Å². The van der Waals surface area contributed by atoms with Crippen LogP contribution in [0.5, 0.6) is 0 Å². The molecular formula is C18H24ClN5O. The number of hydrogen-bond donors (Lipinski definition) is 1. The highest BCUT2D eigenvalue weighted by atomic mass is 35.5. The summed E-state index contributed by atoms with van der Waals surface area (Å²) in [5.74, 6) is 0.924. The number of halogens is 1. The minimum absolute atomic E-state index is 0.520. The highest BCUT2D eigenvalue weighted by Crippen LogP contribution is 2.25. The molecule has 1 aliphatic heterocycles. The lowest BCUT2D eigenvalue weighted by Crippen LogP contribution is -2.52. The first kappa shape index (κ1) is 17.6. The van der Waals surface area contributed by atoms with Crippen LogP contribution in [0.1, 0.15) is 18.2 Å². The third-order valence-corrected chi connectivity index (χ3v) is 4.54. The molecule has 2 heterocycles. The number of nitrogens with zero attached hydrogens (tertiary/aromatic N) is 4. The summed E-state index contributed by atoms with van der Waals surface area (Å²) < 4.78 is 4.87. The van der Waals surface area contributed by atoms with Gasteiger partial charge in [-0.2, -0.15) is 0 Å². The first-order valence-electron chi connectivity index (χ1n) is 8.61. The Labute approximate surface area is 153 Å². The molecule has 0 bridgehead atoms. The Morgan fingerprint density at radius 1 is 1.28 bits per heavy atom. The Kier molecular flexibility index (Phi) is 5.81. The molecule has 0 saturated carbocycles. The normalized spacial score (nSPS) is 15.6. The van der Waals surface area contributed by atoms with Crippen molar-refractivity contribution in [2.75, 3.05) is 37.6 Å². The average Bonchev–Trinajstić information content (AvgIpc) is 3.14. The fourth-order valence-electron chi connectivity index (χ4n) is 2.98. The number of aryl methyl sites for hydroxylation is 1. The van der Waals surface area contributed by atoms with Gasteiger partial charge in [-0.1, -0.05) is 22.8 Å². The Bertz CT molecular complexity index is 708. The molecule has 7 heteroatoms. The first-order chi connectivity index (χ1) is 12.2. The second-order valence-electron chi connectivity index (χ2n) is 6.07. The van der Waals surface area contributed by atoms with Crippen LogP contribution in [-0.4, -0.2) is 48.7 Å². The third-order valence-electron chi connectivity index (χ3n) is 4.31. The standard InChI is InChI=1S/C18H24ClN5O/c1-3-20-18(21-13-16-6-11-25-22-16)24-9-7-23(8-10-24)17-12-15(19)5-4-14(17)2/h4-6,11-12H,3,7-10,13H2,1-2H3,(H,20,21). The van der Waals surface area contributed by atoms with E-state index in [9.17, 15) is 0 Å². The number of guanidine groups is 1. The summed E-state index contributed by atoms with van der Waals surface area (Å²) in [5, 5.41) is 8.06. The Morgan fingerprint density at radius 2 is 2.08 bits per heavy atom. The molecule has 134 valence electrons. The number of aromatic nitrogens is 1. The second kappa shape index (κ2) is 8.25. The smallest absolute Gasteiger partial charge is 0.194 e. The predicted octanol–water partition coefficient (Wildman–Crippen LogP) is 2.92. The molecule has 1 aromatic carbocycles. The Hall–Kier alpha value is -2.21. The number of piperazine rings is 1. The van der Waals surface area contributed by atoms with Crippen LogP contribution in [0, 0.1) is 6.92 Å². The van der Waals surface area contributed by atoms with Gasteiger partial charge in [-0.25, -0.2) is 4.99 Å². The van der Waals surface area contributed by atoms with E-state index in [0.717, 1.165) is 49.4 Å². The van der Waals surface area contributed by atoms with E-state index in [1.54, 1.807) is 6.26 Å². The number of aliphatic imine (C=N–C) groups is 1. The van der Waals surface area contributed by atoms with Gasteiger partial charge < -0.3 is 19.6 Å². The number of rotatable bonds is 4. The fraction of sp³-hybridized carbons (Fsp3) is 0.444. The van der Waals surface area contributed by atoms with Crippen LogP contribution in [-0.2, 0) is 6.54 Å². The molecule has 1 fully saturated rings. The quantitative estimate of drug-likeness (QED) is 0.670. The van der Waals surface area contributed by atoms with Gasteiger partial charge in [-0.05, 0) is 31.5 Å². The van der Waals surface area contributed by atoms with E-state index < -0.39 is 0 Å². The lowest BCUT2D eigenvalue weighted by Gasteiger charge is -2.38. The van der Waals surface area contributed by atoms with Gasteiger partial charge in [0.2, 0.25) is 0 Å². The molecular weight excluding hydrogens is 338 g/mol. The summed E-state index contributed by atoms with van der Waals surface area (Å²) in [7, 11) is 0. The van der Waals surface area contributed by atoms with Gasteiger partial charge in [0.1, 0.15) is 12.0 Å². The summed E-state index contributed by atoms with van der Waals surface area (Å²) in [6, 6.07) is 7.91. The zero-order chi connectivity index (χ0) is 17.6. The van der Waals surface area contributed by atoms with Crippen LogP contribution in [0.25, 0.3) is 0 Å². The van der Waals surface area contributed by atoms with Crippen molar-refractivity contribution in [1.29, 1.82) is 0 Å². The van der Waals surface area contributed by atoms with Crippen molar-refractivity contribution in [2.24, 2.45) is 4.99 Å². The number of hydrogen-bond acceptors (Lipinski definition) is 4. The lowest BCUT2D eigenvalue weighted by molar-refractivity contribution is 0.371. The molecule has 0 spiro atoms. The molecule has 1 aliphatic rings. The van der Waals surface area contributed by atoms with Gasteiger partial charge in [0, 0.05) is 49.5 Å². The van der Waals surface area contributed by atoms with Crippen molar-refractivity contribution in [3.63, 3.8) is 0 Å². The minimum atomic E-state index is 0.520. The predicted molar refractivity (Wildman–Crippen MR) is 101 cm³/mol. The zero-order valence-corrected chi connectivity index (χ0v) is 15.5. The summed E-state index contributed by atoms with van der Waals surface area (Å²) in [6.07, 6.45) is 1.57. The largest absolute Gasteiger partial charge is 0.368 e. The lowest BCUT2D eigenvalue weighted by atomic mass is 10.1. The van der Waals surface area contributed by atoms with E-state index in [1.165, 1.54) is 11.3 Å². The molecule has 0 aliphatic carbocycles. The zero-order valence-electron chi connectivity index (χ0n) is 14.7. The van der Waals surface area contributed by atoms with Gasteiger partial charge in [0.05, 0.1) is 6.54 Å². The van der Waals surface area contributed by atoms with Gasteiger partial charge in [-0.3, -0.25) is 0 Å². The fourth-order valence-corrected chi connectivity index (χ4v) is 3.15. The molecule has 1 N–H and O–H groups in total. The molecule has 0 atom stereocenters. The summed E-state index contributed by atoms with van der Waals surface area (Å²) in [6.45, 7) is 9.27. The topological polar surface area (TPSA) is 56.9 Å². The SMILES string of the molecule is CCNC(=NCc1ccon1)N1CCN(c2cc(Cl)ccc2C)CC1. The molecule has 1 saturated heterocycles. The van der Waals surface area contributed by atoms with Crippen LogP contribution in [0.4, 0.5) is 5.69 Å². The highest BCUT2D eigenvalue weighted by molar-refractivity contribution is 6.30. The maximum absolute atomic E-state index is 6.17. The second-order valence-corrected chi connectivity index (χ2v) is 6.50. The van der Waals surface area contributed by atoms with E-state index in [4.69, 9.17) is 16.1 Å². The Balaban J connectivity index is 1.64. The van der Waals surface area contributed by atoms with Crippen LogP contribution in [0.3, 0.4) is 0 Å². The van der Waals surface area contributed by atoms with E-state index in [0.29, 0.717) is 6.54 Å². The van der Waals surface area contributed by atoms with Crippen molar-refractivity contribution >= 4 is 23.2 Å². The molecule has 1 aromatic heterocycles. The van der Waals surface area contributed by atoms with Crippen molar-refractivity contribution in [1.82, 2.24) is 15.4 Å². The molecule has 25 heavy (non-hydrogen) atoms. The van der Waals surface area contributed by atoms with E-state index in [2.05, 4.69) is 51.2 Å². The van der Waals surface area contributed by atoms with Crippen LogP contribution < -0.4 is 10.2 Å². The summed E-state index contributed by atoms with van der Waals surface area (Å²) in [5.41, 5.74) is 3.31. The van der Waals surface area contributed by atoms with E-state index in [-0.39, 0.29) is 0 Å². The van der Waals surface area contributed by atoms with Crippen molar-refractivity contribution in [3.8, 4) is 0 Å². The molecule has 0 radical (unpaired) electrons. The third kappa shape index (κ3) is 4.45. The summed E-state index contributed by atoms with van der Waals surface area (Å²) >= 11 is 6.17. The van der Waals surface area contributed by atoms with Crippen molar-refractivity contribution in [2.45, 2.75) is 20.4 Å². The van der Waals surface area contributed by atoms with E-state index >= 15 is 0 Å². The maximum atomic E-state index is 6.17. The Morgan fingerprint density at radius 3 is 2.76 bits per heavy atom. The highest BCUT2D eigenvalue weighted by Gasteiger charge is 2.21. The van der Waals surface area contributed by atoms with Crippen LogP contribution in [0.15, 0.2) is 40.0 Å². The number of nitrogens with one attached hydrogen (secondary N) is 1. The van der Waals surface area contributed by atoms with E-state index in [1.807, 2.05) is 12.1 Å². The monoisotopic (exact) mass is 361 g/mol.